The van der Waals surface area contributed by atoms with Crippen molar-refractivity contribution in [3.8, 4) is 22.7 Å². The van der Waals surface area contributed by atoms with Gasteiger partial charge in [-0.05, 0) is 49.2 Å². The quantitative estimate of drug-likeness (QED) is 0.347. The Hall–Kier alpha value is -3.61. The van der Waals surface area contributed by atoms with Crippen molar-refractivity contribution in [3.05, 3.63) is 65.4 Å². The van der Waals surface area contributed by atoms with Gasteiger partial charge in [-0.25, -0.2) is 14.3 Å². The molecule has 1 aromatic heterocycles. The molecule has 1 heterocycles. The molecule has 0 radical (unpaired) electrons. The van der Waals surface area contributed by atoms with Crippen molar-refractivity contribution in [2.75, 3.05) is 20.8 Å². The van der Waals surface area contributed by atoms with E-state index < -0.39 is 11.9 Å². The van der Waals surface area contributed by atoms with Gasteiger partial charge in [-0.2, -0.15) is 5.10 Å². The van der Waals surface area contributed by atoms with Crippen LogP contribution in [0.3, 0.4) is 0 Å². The number of ether oxygens (including phenoxy) is 3. The monoisotopic (exact) mass is 436 g/mol. The summed E-state index contributed by atoms with van der Waals surface area (Å²) in [7, 11) is 2.53. The van der Waals surface area contributed by atoms with Gasteiger partial charge in [-0.1, -0.05) is 38.0 Å². The number of methoxy groups -OCH3 is 2. The zero-order valence-corrected chi connectivity index (χ0v) is 18.9. The number of hydrogen-bond donors (Lipinski definition) is 0. The first-order valence-electron chi connectivity index (χ1n) is 10.6. The van der Waals surface area contributed by atoms with Crippen molar-refractivity contribution in [3.63, 3.8) is 0 Å². The fraction of sp³-hybridized carbons (Fsp3) is 0.320. The van der Waals surface area contributed by atoms with Crippen LogP contribution in [0.4, 0.5) is 0 Å². The summed E-state index contributed by atoms with van der Waals surface area (Å²) in [6, 6.07) is 14.7. The number of aryl methyl sites for hydroxylation is 1. The van der Waals surface area contributed by atoms with Crippen LogP contribution >= 0.6 is 0 Å². The molecule has 3 rings (SSSR count). The summed E-state index contributed by atoms with van der Waals surface area (Å²) in [6.45, 7) is 4.73. The molecule has 0 N–H and O–H groups in total. The maximum Gasteiger partial charge on any atom is 0.357 e. The van der Waals surface area contributed by atoms with E-state index in [2.05, 4.69) is 12.0 Å². The Balaban J connectivity index is 2.11. The van der Waals surface area contributed by atoms with Gasteiger partial charge in [0, 0.05) is 5.56 Å². The van der Waals surface area contributed by atoms with Gasteiger partial charge in [0.15, 0.2) is 5.69 Å². The van der Waals surface area contributed by atoms with Gasteiger partial charge in [0.2, 0.25) is 0 Å². The van der Waals surface area contributed by atoms with Gasteiger partial charge in [0.25, 0.3) is 0 Å². The van der Waals surface area contributed by atoms with Crippen molar-refractivity contribution < 1.29 is 23.8 Å². The topological polar surface area (TPSA) is 79.7 Å². The first-order chi connectivity index (χ1) is 15.5. The SMILES string of the molecule is CCCCCOc1ccc(-c2nn(-c3ccccc3)c(C(=O)OC)c2C(=O)OC)cc1C. The van der Waals surface area contributed by atoms with Gasteiger partial charge in [0.1, 0.15) is 17.0 Å². The Morgan fingerprint density at radius 2 is 1.69 bits per heavy atom. The predicted molar refractivity (Wildman–Crippen MR) is 121 cm³/mol. The number of esters is 2. The molecule has 0 atom stereocenters. The summed E-state index contributed by atoms with van der Waals surface area (Å²) >= 11 is 0. The van der Waals surface area contributed by atoms with Crippen LogP contribution in [0.15, 0.2) is 48.5 Å². The van der Waals surface area contributed by atoms with E-state index in [1.54, 1.807) is 12.1 Å². The number of carbonyl (C=O) groups is 2. The van der Waals surface area contributed by atoms with E-state index in [1.165, 1.54) is 18.9 Å². The molecule has 0 amide bonds. The average molecular weight is 437 g/mol. The molecule has 0 bridgehead atoms. The molecule has 0 unspecified atom stereocenters. The molecule has 7 nitrogen and oxygen atoms in total. The third-order valence-electron chi connectivity index (χ3n) is 5.11. The van der Waals surface area contributed by atoms with E-state index in [0.717, 1.165) is 30.6 Å². The molecule has 0 saturated carbocycles. The molecule has 32 heavy (non-hydrogen) atoms. The van der Waals surface area contributed by atoms with E-state index in [-0.39, 0.29) is 11.3 Å². The standard InChI is InChI=1S/C25H28N2O5/c1-5-6-10-15-32-20-14-13-18(16-17(20)2)22-21(24(28)30-3)23(25(29)31-4)27(26-22)19-11-8-7-9-12-19/h7-9,11-14,16H,5-6,10,15H2,1-4H3. The maximum atomic E-state index is 12.7. The van der Waals surface area contributed by atoms with Crippen molar-refractivity contribution in [2.24, 2.45) is 0 Å². The second kappa shape index (κ2) is 10.6. The van der Waals surface area contributed by atoms with Crippen LogP contribution in [0.2, 0.25) is 0 Å². The first kappa shape index (κ1) is 23.1. The fourth-order valence-electron chi connectivity index (χ4n) is 3.45. The van der Waals surface area contributed by atoms with E-state index in [1.807, 2.05) is 43.3 Å². The van der Waals surface area contributed by atoms with Crippen LogP contribution in [-0.2, 0) is 9.47 Å². The molecule has 3 aromatic rings. The zero-order chi connectivity index (χ0) is 23.1. The summed E-state index contributed by atoms with van der Waals surface area (Å²) in [4.78, 5) is 25.4. The molecule has 0 saturated heterocycles. The molecule has 0 aliphatic carbocycles. The highest BCUT2D eigenvalue weighted by molar-refractivity contribution is 6.06. The number of hydrogen-bond acceptors (Lipinski definition) is 6. The number of rotatable bonds is 9. The van der Waals surface area contributed by atoms with E-state index in [9.17, 15) is 9.59 Å². The van der Waals surface area contributed by atoms with Gasteiger partial charge >= 0.3 is 11.9 Å². The highest BCUT2D eigenvalue weighted by Gasteiger charge is 2.31. The smallest absolute Gasteiger partial charge is 0.357 e. The van der Waals surface area contributed by atoms with Crippen molar-refractivity contribution in [2.45, 2.75) is 33.1 Å². The Kier molecular flexibility index (Phi) is 7.65. The minimum absolute atomic E-state index is 0.0121. The van der Waals surface area contributed by atoms with E-state index in [0.29, 0.717) is 23.6 Å². The molecule has 0 aliphatic rings. The lowest BCUT2D eigenvalue weighted by atomic mass is 10.0. The van der Waals surface area contributed by atoms with Crippen LogP contribution in [0, 0.1) is 6.92 Å². The second-order valence-corrected chi connectivity index (χ2v) is 7.34. The number of benzene rings is 2. The number of unbranched alkanes of at least 4 members (excludes halogenated alkanes) is 2. The highest BCUT2D eigenvalue weighted by Crippen LogP contribution is 2.32. The molecule has 7 heteroatoms. The zero-order valence-electron chi connectivity index (χ0n) is 18.9. The minimum Gasteiger partial charge on any atom is -0.493 e. The minimum atomic E-state index is -0.680. The largest absolute Gasteiger partial charge is 0.493 e. The molecule has 2 aromatic carbocycles. The van der Waals surface area contributed by atoms with Gasteiger partial charge in [-0.15, -0.1) is 0 Å². The van der Waals surface area contributed by atoms with Crippen LogP contribution in [0.5, 0.6) is 5.75 Å². The molecule has 0 fully saturated rings. The van der Waals surface area contributed by atoms with Gasteiger partial charge < -0.3 is 14.2 Å². The van der Waals surface area contributed by atoms with Crippen molar-refractivity contribution in [1.29, 1.82) is 0 Å². The third kappa shape index (κ3) is 4.82. The van der Waals surface area contributed by atoms with Crippen LogP contribution < -0.4 is 4.74 Å². The number of aromatic nitrogens is 2. The normalized spacial score (nSPS) is 10.6. The first-order valence-corrected chi connectivity index (χ1v) is 10.6. The predicted octanol–water partition coefficient (Wildman–Crippen LogP) is 4.99. The molecular formula is C25H28N2O5. The molecule has 0 aliphatic heterocycles. The fourth-order valence-corrected chi connectivity index (χ4v) is 3.45. The summed E-state index contributed by atoms with van der Waals surface area (Å²) in [6.07, 6.45) is 3.24. The van der Waals surface area contributed by atoms with Crippen LogP contribution in [-0.4, -0.2) is 42.5 Å². The molecular weight excluding hydrogens is 408 g/mol. The average Bonchev–Trinajstić information content (AvgIpc) is 3.23. The van der Waals surface area contributed by atoms with E-state index in [4.69, 9.17) is 14.2 Å². The van der Waals surface area contributed by atoms with Gasteiger partial charge in [-0.3, -0.25) is 0 Å². The summed E-state index contributed by atoms with van der Waals surface area (Å²) < 4.78 is 17.3. The number of para-hydroxylation sites is 1. The lowest BCUT2D eigenvalue weighted by molar-refractivity contribution is 0.0549. The summed E-state index contributed by atoms with van der Waals surface area (Å²) in [5.41, 5.74) is 2.60. The molecule has 0 spiro atoms. The number of carbonyl (C=O) groups excluding carboxylic acids is 2. The Bertz CT molecular complexity index is 1090. The number of nitrogens with zero attached hydrogens (tertiary/aromatic N) is 2. The Morgan fingerprint density at radius 3 is 2.31 bits per heavy atom. The third-order valence-corrected chi connectivity index (χ3v) is 5.11. The second-order valence-electron chi connectivity index (χ2n) is 7.34. The van der Waals surface area contributed by atoms with Crippen molar-refractivity contribution >= 4 is 11.9 Å². The van der Waals surface area contributed by atoms with Crippen LogP contribution in [0.1, 0.15) is 52.6 Å². The Morgan fingerprint density at radius 1 is 0.969 bits per heavy atom. The van der Waals surface area contributed by atoms with E-state index >= 15 is 0 Å². The lowest BCUT2D eigenvalue weighted by Crippen LogP contribution is -2.15. The van der Waals surface area contributed by atoms with Crippen LogP contribution in [0.25, 0.3) is 16.9 Å². The maximum absolute atomic E-state index is 12.7. The Labute approximate surface area is 187 Å². The van der Waals surface area contributed by atoms with Crippen molar-refractivity contribution in [1.82, 2.24) is 9.78 Å². The lowest BCUT2D eigenvalue weighted by Gasteiger charge is -2.10. The molecule has 168 valence electrons. The van der Waals surface area contributed by atoms with Gasteiger partial charge in [0.05, 0.1) is 26.5 Å². The highest BCUT2D eigenvalue weighted by atomic mass is 16.5. The summed E-state index contributed by atoms with van der Waals surface area (Å²) in [5, 5.41) is 4.62. The summed E-state index contributed by atoms with van der Waals surface area (Å²) in [5.74, 6) is -0.569.